The van der Waals surface area contributed by atoms with Crippen molar-refractivity contribution in [1.29, 1.82) is 0 Å². The van der Waals surface area contributed by atoms with Gasteiger partial charge in [0.25, 0.3) is 0 Å². The Kier molecular flexibility index (Phi) is 9.90. The Balaban J connectivity index is 0. The highest BCUT2D eigenvalue weighted by Crippen LogP contribution is 2.25. The van der Waals surface area contributed by atoms with Crippen molar-refractivity contribution in [2.45, 2.75) is 19.8 Å². The molecule has 0 aliphatic heterocycles. The highest BCUT2D eigenvalue weighted by molar-refractivity contribution is 7.80. The maximum absolute atomic E-state index is 8.88. The van der Waals surface area contributed by atoms with Gasteiger partial charge in [-0.3, -0.25) is 0 Å². The summed E-state index contributed by atoms with van der Waals surface area (Å²) in [7, 11) is -4.64. The third-order valence-electron chi connectivity index (χ3n) is 0.512. The van der Waals surface area contributed by atoms with E-state index in [1.54, 1.807) is 0 Å². The van der Waals surface area contributed by atoms with E-state index in [0.29, 0.717) is 0 Å². The van der Waals surface area contributed by atoms with Crippen molar-refractivity contribution in [2.75, 3.05) is 5.75 Å². The molecule has 0 saturated heterocycles. The van der Waals surface area contributed by atoms with Gasteiger partial charge in [0.2, 0.25) is 0 Å². The zero-order valence-corrected chi connectivity index (χ0v) is 7.55. The van der Waals surface area contributed by atoms with Gasteiger partial charge in [-0.05, 0) is 12.2 Å². The van der Waals surface area contributed by atoms with Crippen LogP contribution in [0.3, 0.4) is 0 Å². The van der Waals surface area contributed by atoms with Crippen LogP contribution in [0.15, 0.2) is 0 Å². The average molecular weight is 188 g/mol. The summed E-state index contributed by atoms with van der Waals surface area (Å²) >= 11 is 4.00. The van der Waals surface area contributed by atoms with E-state index in [0.717, 1.165) is 5.75 Å². The second-order valence-electron chi connectivity index (χ2n) is 1.59. The zero-order chi connectivity index (χ0) is 8.62. The van der Waals surface area contributed by atoms with E-state index in [-0.39, 0.29) is 0 Å². The summed E-state index contributed by atoms with van der Waals surface area (Å²) in [6, 6.07) is 0. The molecule has 64 valence electrons. The molecule has 0 unspecified atom stereocenters. The summed E-state index contributed by atoms with van der Waals surface area (Å²) in [6.07, 6.45) is 2.52. The first-order chi connectivity index (χ1) is 4.41. The van der Waals surface area contributed by atoms with Crippen LogP contribution in [0, 0.1) is 0 Å². The van der Waals surface area contributed by atoms with Crippen molar-refractivity contribution in [1.82, 2.24) is 0 Å². The Bertz CT molecular complexity index is 91.2. The largest absolute Gasteiger partial charge is 0.466 e. The standard InChI is InChI=1S/C4H10S.H3O4P/c1-2-3-4-5;1-5(2,3)4/h5H,2-4H2,1H3;(H3,1,2,3,4). The van der Waals surface area contributed by atoms with Gasteiger partial charge in [-0.25, -0.2) is 4.57 Å². The van der Waals surface area contributed by atoms with Gasteiger partial charge in [-0.15, -0.1) is 0 Å². The summed E-state index contributed by atoms with van der Waals surface area (Å²) < 4.78 is 8.88. The van der Waals surface area contributed by atoms with E-state index in [9.17, 15) is 0 Å². The summed E-state index contributed by atoms with van der Waals surface area (Å²) in [4.78, 5) is 21.6. The molecule has 0 spiro atoms. The average Bonchev–Trinajstić information content (AvgIpc) is 1.63. The molecule has 0 heterocycles. The lowest BCUT2D eigenvalue weighted by Gasteiger charge is -1.82. The number of thiol groups is 1. The van der Waals surface area contributed by atoms with Crippen LogP contribution >= 0.6 is 20.5 Å². The van der Waals surface area contributed by atoms with Crippen molar-refractivity contribution >= 4 is 20.5 Å². The Labute approximate surface area is 65.9 Å². The molecular weight excluding hydrogens is 175 g/mol. The monoisotopic (exact) mass is 188 g/mol. The van der Waals surface area contributed by atoms with E-state index in [1.807, 2.05) is 0 Å². The molecule has 0 aromatic carbocycles. The quantitative estimate of drug-likeness (QED) is 0.381. The molecule has 0 aliphatic rings. The molecule has 10 heavy (non-hydrogen) atoms. The Morgan fingerprint density at radius 3 is 1.70 bits per heavy atom. The van der Waals surface area contributed by atoms with Gasteiger partial charge in [0.05, 0.1) is 0 Å². The fraction of sp³-hybridized carbons (Fsp3) is 1.00. The number of phosphoric acid groups is 1. The maximum atomic E-state index is 8.88. The molecule has 0 aromatic heterocycles. The van der Waals surface area contributed by atoms with Crippen molar-refractivity contribution in [3.8, 4) is 0 Å². The highest BCUT2D eigenvalue weighted by atomic mass is 32.1. The van der Waals surface area contributed by atoms with Crippen LogP contribution in [0.1, 0.15) is 19.8 Å². The van der Waals surface area contributed by atoms with Crippen LogP contribution < -0.4 is 0 Å². The van der Waals surface area contributed by atoms with Gasteiger partial charge < -0.3 is 14.7 Å². The van der Waals surface area contributed by atoms with Crippen LogP contribution in [-0.2, 0) is 4.57 Å². The topological polar surface area (TPSA) is 77.8 Å². The number of rotatable bonds is 2. The molecule has 0 aromatic rings. The van der Waals surface area contributed by atoms with E-state index in [4.69, 9.17) is 19.2 Å². The second kappa shape index (κ2) is 7.57. The van der Waals surface area contributed by atoms with E-state index < -0.39 is 7.82 Å². The third kappa shape index (κ3) is 77.8. The maximum Gasteiger partial charge on any atom is 0.466 e. The highest BCUT2D eigenvalue weighted by Gasteiger charge is 2.00. The van der Waals surface area contributed by atoms with E-state index in [2.05, 4.69) is 19.6 Å². The minimum absolute atomic E-state index is 1.04. The van der Waals surface area contributed by atoms with Crippen molar-refractivity contribution < 1.29 is 19.2 Å². The van der Waals surface area contributed by atoms with Crippen LogP contribution in [0.4, 0.5) is 0 Å². The molecule has 0 aliphatic carbocycles. The first-order valence-corrected chi connectivity index (χ1v) is 5.00. The molecule has 6 heteroatoms. The zero-order valence-electron chi connectivity index (χ0n) is 5.77. The number of hydrogen-bond acceptors (Lipinski definition) is 2. The Hall–Kier alpha value is 0.460. The van der Waals surface area contributed by atoms with Crippen LogP contribution in [0.2, 0.25) is 0 Å². The lowest BCUT2D eigenvalue weighted by molar-refractivity contribution is 0.275. The van der Waals surface area contributed by atoms with Gasteiger partial charge >= 0.3 is 7.82 Å². The third-order valence-corrected chi connectivity index (χ3v) is 0.828. The lowest BCUT2D eigenvalue weighted by Crippen LogP contribution is -1.66. The normalized spacial score (nSPS) is 10.1. The molecule has 0 radical (unpaired) electrons. The molecule has 3 N–H and O–H groups in total. The van der Waals surface area contributed by atoms with E-state index >= 15 is 0 Å². The molecule has 0 saturated carbocycles. The molecule has 0 fully saturated rings. The fourth-order valence-electron chi connectivity index (χ4n) is 0.158. The Morgan fingerprint density at radius 1 is 1.40 bits per heavy atom. The van der Waals surface area contributed by atoms with E-state index in [1.165, 1.54) is 12.8 Å². The fourth-order valence-corrected chi connectivity index (χ4v) is 0.474. The molecule has 0 atom stereocenters. The minimum Gasteiger partial charge on any atom is -0.303 e. The SMILES string of the molecule is CCCCS.O=P(O)(O)O. The summed E-state index contributed by atoms with van der Waals surface area (Å²) in [5, 5.41) is 0. The molecule has 0 bridgehead atoms. The second-order valence-corrected chi connectivity index (χ2v) is 3.06. The van der Waals surface area contributed by atoms with Gasteiger partial charge in [0.1, 0.15) is 0 Å². The van der Waals surface area contributed by atoms with Crippen molar-refractivity contribution in [2.24, 2.45) is 0 Å². The van der Waals surface area contributed by atoms with Gasteiger partial charge in [0, 0.05) is 0 Å². The van der Waals surface area contributed by atoms with Crippen LogP contribution in [0.25, 0.3) is 0 Å². The number of hydrogen-bond donors (Lipinski definition) is 4. The lowest BCUT2D eigenvalue weighted by atomic mass is 10.4. The van der Waals surface area contributed by atoms with Gasteiger partial charge in [0.15, 0.2) is 0 Å². The molecule has 0 rings (SSSR count). The van der Waals surface area contributed by atoms with Gasteiger partial charge in [-0.1, -0.05) is 13.3 Å². The molecule has 0 amide bonds. The predicted octanol–water partition coefficient (Wildman–Crippen LogP) is 0.788. The van der Waals surface area contributed by atoms with Crippen LogP contribution in [-0.4, -0.2) is 20.4 Å². The Morgan fingerprint density at radius 2 is 1.70 bits per heavy atom. The first kappa shape index (κ1) is 13.1. The number of unbranched alkanes of at least 4 members (excludes halogenated alkanes) is 1. The molecule has 4 nitrogen and oxygen atoms in total. The van der Waals surface area contributed by atoms with Gasteiger partial charge in [-0.2, -0.15) is 12.6 Å². The first-order valence-electron chi connectivity index (χ1n) is 2.81. The van der Waals surface area contributed by atoms with Crippen LogP contribution in [0.5, 0.6) is 0 Å². The van der Waals surface area contributed by atoms with Crippen molar-refractivity contribution in [3.63, 3.8) is 0 Å². The predicted molar refractivity (Wildman–Crippen MR) is 43.0 cm³/mol. The summed E-state index contributed by atoms with van der Waals surface area (Å²) in [6.45, 7) is 2.16. The molecular formula is C4H13O4PS. The summed E-state index contributed by atoms with van der Waals surface area (Å²) in [5.74, 6) is 1.04. The smallest absolute Gasteiger partial charge is 0.303 e. The van der Waals surface area contributed by atoms with Crippen molar-refractivity contribution in [3.05, 3.63) is 0 Å². The summed E-state index contributed by atoms with van der Waals surface area (Å²) in [5.41, 5.74) is 0. The minimum atomic E-state index is -4.64.